The molecule has 10 heteroatoms. The van der Waals surface area contributed by atoms with Crippen molar-refractivity contribution in [3.63, 3.8) is 0 Å². The number of aryl methyl sites for hydroxylation is 1. The van der Waals surface area contributed by atoms with Crippen LogP contribution in [0.3, 0.4) is 0 Å². The maximum absolute atomic E-state index is 13.1. The van der Waals surface area contributed by atoms with Crippen molar-refractivity contribution in [3.05, 3.63) is 47.3 Å². The molecular weight excluding hydrogens is 359 g/mol. The predicted octanol–water partition coefficient (Wildman–Crippen LogP) is 1.43. The van der Waals surface area contributed by atoms with Crippen LogP contribution in [0.25, 0.3) is 10.8 Å². The molecule has 4 rings (SSSR count). The van der Waals surface area contributed by atoms with Gasteiger partial charge in [-0.25, -0.2) is 9.37 Å². The number of aliphatic hydroxyl groups is 1. The summed E-state index contributed by atoms with van der Waals surface area (Å²) in [5, 5.41) is 18.9. The Hall–Kier alpha value is -2.72. The number of hydrogen-bond donors (Lipinski definition) is 1. The lowest BCUT2D eigenvalue weighted by Gasteiger charge is -2.34. The van der Waals surface area contributed by atoms with Crippen molar-refractivity contribution in [1.29, 1.82) is 0 Å². The van der Waals surface area contributed by atoms with E-state index < -0.39 is 11.9 Å². The fourth-order valence-electron chi connectivity index (χ4n) is 3.01. The average molecular weight is 374 g/mol. The Bertz CT molecular complexity index is 954. The molecule has 1 aliphatic rings. The molecule has 0 bridgehead atoms. The molecule has 8 nitrogen and oxygen atoms in total. The first-order valence-corrected chi connectivity index (χ1v) is 8.77. The van der Waals surface area contributed by atoms with Crippen molar-refractivity contribution < 1.29 is 14.3 Å². The van der Waals surface area contributed by atoms with Crippen LogP contribution in [0.15, 0.2) is 24.3 Å². The standard InChI is InChI=1S/C16H15FN6O2S/c1-9-18-15(26-21-9)14-20-19-13-12(8-24)22(6-7-23(13)14)16(25)10-2-4-11(17)5-3-10/h2-5,12,24H,6-8H2,1H3/t12-/m1/s1. The van der Waals surface area contributed by atoms with Gasteiger partial charge in [0.25, 0.3) is 5.91 Å². The zero-order valence-corrected chi connectivity index (χ0v) is 14.6. The zero-order valence-electron chi connectivity index (χ0n) is 13.8. The van der Waals surface area contributed by atoms with Gasteiger partial charge >= 0.3 is 0 Å². The van der Waals surface area contributed by atoms with Crippen molar-refractivity contribution in [2.45, 2.75) is 19.5 Å². The molecule has 1 aliphatic heterocycles. The summed E-state index contributed by atoms with van der Waals surface area (Å²) in [5.41, 5.74) is 0.359. The van der Waals surface area contributed by atoms with Crippen LogP contribution < -0.4 is 0 Å². The highest BCUT2D eigenvalue weighted by Crippen LogP contribution is 2.30. The summed E-state index contributed by atoms with van der Waals surface area (Å²) in [6.45, 7) is 2.35. The molecule has 0 radical (unpaired) electrons. The Labute approximate surface area is 152 Å². The fraction of sp³-hybridized carbons (Fsp3) is 0.312. The monoisotopic (exact) mass is 374 g/mol. The third-order valence-electron chi connectivity index (χ3n) is 4.26. The molecule has 0 unspecified atom stereocenters. The van der Waals surface area contributed by atoms with Gasteiger partial charge < -0.3 is 14.6 Å². The van der Waals surface area contributed by atoms with E-state index in [2.05, 4.69) is 19.6 Å². The highest BCUT2D eigenvalue weighted by atomic mass is 32.1. The molecule has 3 heterocycles. The van der Waals surface area contributed by atoms with Crippen molar-refractivity contribution >= 4 is 17.4 Å². The molecule has 0 saturated heterocycles. The summed E-state index contributed by atoms with van der Waals surface area (Å²) >= 11 is 1.23. The van der Waals surface area contributed by atoms with Crippen LogP contribution in [0.5, 0.6) is 0 Å². The third kappa shape index (κ3) is 2.76. The number of benzene rings is 1. The van der Waals surface area contributed by atoms with Gasteiger partial charge in [0.2, 0.25) is 0 Å². The number of hydrogen-bond acceptors (Lipinski definition) is 7. The number of nitrogens with zero attached hydrogens (tertiary/aromatic N) is 6. The smallest absolute Gasteiger partial charge is 0.254 e. The Morgan fingerprint density at radius 3 is 2.73 bits per heavy atom. The number of halogens is 1. The number of rotatable bonds is 3. The summed E-state index contributed by atoms with van der Waals surface area (Å²) in [5.74, 6) is 1.04. The lowest BCUT2D eigenvalue weighted by molar-refractivity contribution is 0.0507. The van der Waals surface area contributed by atoms with Gasteiger partial charge in [0.15, 0.2) is 16.7 Å². The largest absolute Gasteiger partial charge is 0.394 e. The fourth-order valence-corrected chi connectivity index (χ4v) is 3.68. The molecule has 1 amide bonds. The maximum Gasteiger partial charge on any atom is 0.254 e. The van der Waals surface area contributed by atoms with E-state index in [1.807, 2.05) is 4.57 Å². The van der Waals surface area contributed by atoms with Gasteiger partial charge in [-0.2, -0.15) is 4.37 Å². The van der Waals surface area contributed by atoms with E-state index in [-0.39, 0.29) is 12.5 Å². The van der Waals surface area contributed by atoms with Crippen LogP contribution in [0.4, 0.5) is 4.39 Å². The number of amides is 1. The van der Waals surface area contributed by atoms with Gasteiger partial charge in [0, 0.05) is 18.7 Å². The lowest BCUT2D eigenvalue weighted by atomic mass is 10.1. The normalized spacial score (nSPS) is 16.6. The van der Waals surface area contributed by atoms with Crippen LogP contribution in [-0.4, -0.2) is 53.2 Å². The van der Waals surface area contributed by atoms with Crippen molar-refractivity contribution in [3.8, 4) is 10.8 Å². The SMILES string of the molecule is Cc1nsc(-c2nnc3n2CCN(C(=O)c2ccc(F)cc2)[C@@H]3CO)n1. The molecular formula is C16H15FN6O2S. The van der Waals surface area contributed by atoms with E-state index in [1.54, 1.807) is 6.92 Å². The topological polar surface area (TPSA) is 97.0 Å². The first-order valence-electron chi connectivity index (χ1n) is 7.99. The second kappa shape index (κ2) is 6.54. The molecule has 134 valence electrons. The summed E-state index contributed by atoms with van der Waals surface area (Å²) in [7, 11) is 0. The van der Waals surface area contributed by atoms with E-state index in [9.17, 15) is 14.3 Å². The molecule has 3 aromatic rings. The summed E-state index contributed by atoms with van der Waals surface area (Å²) < 4.78 is 19.1. The molecule has 0 aliphatic carbocycles. The number of aromatic nitrogens is 5. The number of carbonyl (C=O) groups is 1. The quantitative estimate of drug-likeness (QED) is 0.745. The molecule has 2 aromatic heterocycles. The van der Waals surface area contributed by atoms with Gasteiger partial charge in [-0.1, -0.05) is 0 Å². The van der Waals surface area contributed by atoms with Gasteiger partial charge in [-0.15, -0.1) is 10.2 Å². The number of carbonyl (C=O) groups excluding carboxylic acids is 1. The minimum absolute atomic E-state index is 0.286. The molecule has 1 atom stereocenters. The predicted molar refractivity (Wildman–Crippen MR) is 90.9 cm³/mol. The maximum atomic E-state index is 13.1. The van der Waals surface area contributed by atoms with E-state index >= 15 is 0 Å². The molecule has 0 saturated carbocycles. The summed E-state index contributed by atoms with van der Waals surface area (Å²) in [4.78, 5) is 18.6. The molecule has 26 heavy (non-hydrogen) atoms. The highest BCUT2D eigenvalue weighted by Gasteiger charge is 2.35. The van der Waals surface area contributed by atoms with Gasteiger partial charge in [0.1, 0.15) is 17.7 Å². The highest BCUT2D eigenvalue weighted by molar-refractivity contribution is 7.09. The summed E-state index contributed by atoms with van der Waals surface area (Å²) in [6, 6.07) is 4.71. The Kier molecular flexibility index (Phi) is 4.21. The minimum Gasteiger partial charge on any atom is -0.394 e. The number of fused-ring (bicyclic) bond motifs is 1. The van der Waals surface area contributed by atoms with Crippen LogP contribution in [0.2, 0.25) is 0 Å². The Morgan fingerprint density at radius 2 is 2.08 bits per heavy atom. The summed E-state index contributed by atoms with van der Waals surface area (Å²) in [6.07, 6.45) is 0. The lowest BCUT2D eigenvalue weighted by Crippen LogP contribution is -2.44. The van der Waals surface area contributed by atoms with Crippen molar-refractivity contribution in [2.24, 2.45) is 0 Å². The molecule has 1 aromatic carbocycles. The Morgan fingerprint density at radius 1 is 1.31 bits per heavy atom. The first-order chi connectivity index (χ1) is 12.6. The Balaban J connectivity index is 1.67. The first kappa shape index (κ1) is 16.7. The van der Waals surface area contributed by atoms with Crippen LogP contribution >= 0.6 is 11.5 Å². The van der Waals surface area contributed by atoms with Crippen molar-refractivity contribution in [1.82, 2.24) is 29.0 Å². The molecule has 0 spiro atoms. The number of aliphatic hydroxyl groups excluding tert-OH is 1. The minimum atomic E-state index is -0.628. The van der Waals surface area contributed by atoms with E-state index in [0.717, 1.165) is 0 Å². The second-order valence-electron chi connectivity index (χ2n) is 5.88. The van der Waals surface area contributed by atoms with Crippen LogP contribution in [-0.2, 0) is 6.54 Å². The van der Waals surface area contributed by atoms with E-state index in [4.69, 9.17) is 0 Å². The van der Waals surface area contributed by atoms with E-state index in [1.165, 1.54) is 40.7 Å². The van der Waals surface area contributed by atoms with E-state index in [0.29, 0.717) is 41.1 Å². The van der Waals surface area contributed by atoms with Crippen molar-refractivity contribution in [2.75, 3.05) is 13.2 Å². The van der Waals surface area contributed by atoms with Gasteiger partial charge in [-0.05, 0) is 42.7 Å². The van der Waals surface area contributed by atoms with Gasteiger partial charge in [0.05, 0.1) is 6.61 Å². The zero-order chi connectivity index (χ0) is 18.3. The van der Waals surface area contributed by atoms with Crippen LogP contribution in [0, 0.1) is 12.7 Å². The third-order valence-corrected chi connectivity index (χ3v) is 5.06. The molecule has 1 N–H and O–H groups in total. The van der Waals surface area contributed by atoms with Crippen LogP contribution in [0.1, 0.15) is 28.0 Å². The average Bonchev–Trinajstić information content (AvgIpc) is 3.26. The molecule has 0 fully saturated rings. The second-order valence-corrected chi connectivity index (χ2v) is 6.64. The van der Waals surface area contributed by atoms with Gasteiger partial charge in [-0.3, -0.25) is 4.79 Å².